The topological polar surface area (TPSA) is 127 Å². The van der Waals surface area contributed by atoms with Gasteiger partial charge in [-0.2, -0.15) is 5.10 Å². The molecule has 0 aliphatic heterocycles. The van der Waals surface area contributed by atoms with Crippen molar-refractivity contribution in [1.82, 2.24) is 20.8 Å². The maximum atomic E-state index is 11.2. The predicted molar refractivity (Wildman–Crippen MR) is 52.5 cm³/mol. The first kappa shape index (κ1) is 12.0. The van der Waals surface area contributed by atoms with Crippen LogP contribution < -0.4 is 10.6 Å². The van der Waals surface area contributed by atoms with Crippen molar-refractivity contribution in [2.45, 2.75) is 12.6 Å². The van der Waals surface area contributed by atoms with Crippen LogP contribution in [0.4, 0.5) is 4.79 Å². The van der Waals surface area contributed by atoms with E-state index in [1.165, 1.54) is 6.20 Å². The van der Waals surface area contributed by atoms with Crippen molar-refractivity contribution < 1.29 is 19.8 Å². The molecular formula is C8H12N4O4. The second-order valence-corrected chi connectivity index (χ2v) is 3.01. The Labute approximate surface area is 90.7 Å². The van der Waals surface area contributed by atoms with Crippen molar-refractivity contribution in [1.29, 1.82) is 0 Å². The van der Waals surface area contributed by atoms with E-state index in [0.717, 1.165) is 5.56 Å². The molecule has 0 radical (unpaired) electrons. The summed E-state index contributed by atoms with van der Waals surface area (Å²) in [6.07, 6.45) is 3.13. The van der Waals surface area contributed by atoms with Gasteiger partial charge < -0.3 is 20.8 Å². The predicted octanol–water partition coefficient (Wildman–Crippen LogP) is -1.35. The average Bonchev–Trinajstić information content (AvgIpc) is 2.75. The number of aromatic amines is 1. The molecule has 16 heavy (non-hydrogen) atoms. The fourth-order valence-corrected chi connectivity index (χ4v) is 0.951. The summed E-state index contributed by atoms with van der Waals surface area (Å²) < 4.78 is 0. The van der Waals surface area contributed by atoms with Gasteiger partial charge in [0.25, 0.3) is 0 Å². The minimum absolute atomic E-state index is 0.222. The van der Waals surface area contributed by atoms with E-state index in [9.17, 15) is 9.59 Å². The van der Waals surface area contributed by atoms with E-state index in [0.29, 0.717) is 0 Å². The highest BCUT2D eigenvalue weighted by molar-refractivity contribution is 5.82. The van der Waals surface area contributed by atoms with E-state index < -0.39 is 24.6 Å². The number of amides is 2. The minimum atomic E-state index is -1.30. The molecule has 2 amide bonds. The summed E-state index contributed by atoms with van der Waals surface area (Å²) in [7, 11) is 0. The van der Waals surface area contributed by atoms with Gasteiger partial charge in [0.05, 0.1) is 12.8 Å². The lowest BCUT2D eigenvalue weighted by Gasteiger charge is -2.11. The van der Waals surface area contributed by atoms with E-state index >= 15 is 0 Å². The van der Waals surface area contributed by atoms with Gasteiger partial charge in [0.1, 0.15) is 0 Å². The second-order valence-electron chi connectivity index (χ2n) is 3.01. The Hall–Kier alpha value is -2.09. The lowest BCUT2D eigenvalue weighted by Crippen LogP contribution is -2.47. The molecule has 1 atom stereocenters. The molecule has 88 valence electrons. The third kappa shape index (κ3) is 3.58. The molecule has 1 aromatic rings. The molecule has 8 nitrogen and oxygen atoms in total. The maximum Gasteiger partial charge on any atom is 0.328 e. The number of H-pyrrole nitrogens is 1. The summed E-state index contributed by atoms with van der Waals surface area (Å²) in [6.45, 7) is -0.436. The fraction of sp³-hybridized carbons (Fsp3) is 0.375. The molecule has 1 unspecified atom stereocenters. The third-order valence-electron chi connectivity index (χ3n) is 1.79. The van der Waals surface area contributed by atoms with Gasteiger partial charge >= 0.3 is 12.0 Å². The Kier molecular flexibility index (Phi) is 4.28. The van der Waals surface area contributed by atoms with Gasteiger partial charge in [-0.1, -0.05) is 0 Å². The number of carbonyl (C=O) groups is 2. The Morgan fingerprint density at radius 1 is 1.56 bits per heavy atom. The van der Waals surface area contributed by atoms with Gasteiger partial charge in [-0.25, -0.2) is 9.59 Å². The van der Waals surface area contributed by atoms with E-state index in [1.807, 2.05) is 0 Å². The monoisotopic (exact) mass is 228 g/mol. The van der Waals surface area contributed by atoms with Crippen LogP contribution in [0.15, 0.2) is 12.4 Å². The van der Waals surface area contributed by atoms with E-state index in [2.05, 4.69) is 20.8 Å². The van der Waals surface area contributed by atoms with Crippen LogP contribution in [0.2, 0.25) is 0 Å². The molecule has 0 aliphatic carbocycles. The van der Waals surface area contributed by atoms with Crippen LogP contribution in [0.3, 0.4) is 0 Å². The molecule has 5 N–H and O–H groups in total. The summed E-state index contributed by atoms with van der Waals surface area (Å²) in [5.74, 6) is -1.29. The largest absolute Gasteiger partial charge is 0.480 e. The van der Waals surface area contributed by atoms with Gasteiger partial charge in [-0.3, -0.25) is 5.10 Å². The number of nitrogens with one attached hydrogen (secondary N) is 3. The number of rotatable bonds is 5. The molecule has 0 fully saturated rings. The van der Waals surface area contributed by atoms with Crippen molar-refractivity contribution in [2.75, 3.05) is 6.61 Å². The quantitative estimate of drug-likeness (QED) is 0.426. The number of carboxylic acid groups (broad SMARTS) is 1. The van der Waals surface area contributed by atoms with Crippen molar-refractivity contribution in [3.8, 4) is 0 Å². The summed E-state index contributed by atoms with van der Waals surface area (Å²) in [4.78, 5) is 21.7. The van der Waals surface area contributed by atoms with Crippen molar-refractivity contribution >= 4 is 12.0 Å². The normalized spacial score (nSPS) is 11.8. The Morgan fingerprint density at radius 2 is 2.31 bits per heavy atom. The van der Waals surface area contributed by atoms with Gasteiger partial charge in [0.2, 0.25) is 0 Å². The number of carboxylic acids is 1. The van der Waals surface area contributed by atoms with E-state index in [-0.39, 0.29) is 6.54 Å². The highest BCUT2D eigenvalue weighted by atomic mass is 16.4. The van der Waals surface area contributed by atoms with Crippen LogP contribution in [-0.4, -0.2) is 45.1 Å². The first-order valence-electron chi connectivity index (χ1n) is 4.49. The first-order valence-corrected chi connectivity index (χ1v) is 4.49. The average molecular weight is 228 g/mol. The first-order chi connectivity index (χ1) is 7.63. The van der Waals surface area contributed by atoms with Gasteiger partial charge in [-0.15, -0.1) is 0 Å². The molecule has 1 heterocycles. The highest BCUT2D eigenvalue weighted by Crippen LogP contribution is 1.91. The Balaban J connectivity index is 2.33. The number of nitrogens with zero attached hydrogens (tertiary/aromatic N) is 1. The molecule has 0 aromatic carbocycles. The van der Waals surface area contributed by atoms with Crippen LogP contribution >= 0.6 is 0 Å². The standard InChI is InChI=1S/C8H12N4O4/c13-4-6(7(14)15)12-8(16)9-1-5-2-10-11-3-5/h2-3,6,13H,1,4H2,(H,10,11)(H,14,15)(H2,9,12,16). The minimum Gasteiger partial charge on any atom is -0.480 e. The number of hydrogen-bond donors (Lipinski definition) is 5. The van der Waals surface area contributed by atoms with Crippen molar-refractivity contribution in [3.05, 3.63) is 18.0 Å². The highest BCUT2D eigenvalue weighted by Gasteiger charge is 2.18. The van der Waals surface area contributed by atoms with Crippen molar-refractivity contribution in [3.63, 3.8) is 0 Å². The number of aliphatic hydroxyl groups excluding tert-OH is 1. The molecule has 0 spiro atoms. The third-order valence-corrected chi connectivity index (χ3v) is 1.79. The molecule has 0 aliphatic rings. The number of aliphatic carboxylic acids is 1. The van der Waals surface area contributed by atoms with E-state index in [4.69, 9.17) is 10.2 Å². The molecule has 0 bridgehead atoms. The van der Waals surface area contributed by atoms with Gasteiger partial charge in [0, 0.05) is 18.3 Å². The molecule has 8 heteroatoms. The Bertz CT molecular complexity index is 351. The van der Waals surface area contributed by atoms with Crippen LogP contribution in [0.1, 0.15) is 5.56 Å². The van der Waals surface area contributed by atoms with Crippen LogP contribution in [0.25, 0.3) is 0 Å². The molecule has 0 saturated carbocycles. The summed E-state index contributed by atoms with van der Waals surface area (Å²) >= 11 is 0. The maximum absolute atomic E-state index is 11.2. The second kappa shape index (κ2) is 5.71. The Morgan fingerprint density at radius 3 is 2.81 bits per heavy atom. The van der Waals surface area contributed by atoms with Gasteiger partial charge in [-0.05, 0) is 0 Å². The molecule has 0 saturated heterocycles. The number of urea groups is 1. The zero-order chi connectivity index (χ0) is 12.0. The zero-order valence-electron chi connectivity index (χ0n) is 8.30. The van der Waals surface area contributed by atoms with Gasteiger partial charge in [0.15, 0.2) is 6.04 Å². The lowest BCUT2D eigenvalue weighted by molar-refractivity contribution is -0.140. The molecule has 1 aromatic heterocycles. The number of aliphatic hydroxyl groups is 1. The lowest BCUT2D eigenvalue weighted by atomic mass is 10.3. The number of hydrogen-bond acceptors (Lipinski definition) is 4. The summed E-state index contributed by atoms with van der Waals surface area (Å²) in [6, 6.07) is -1.97. The smallest absolute Gasteiger partial charge is 0.328 e. The zero-order valence-corrected chi connectivity index (χ0v) is 8.30. The number of aromatic nitrogens is 2. The summed E-state index contributed by atoms with van der Waals surface area (Å²) in [5, 5.41) is 28.0. The van der Waals surface area contributed by atoms with Crippen LogP contribution in [0, 0.1) is 0 Å². The molecule has 1 rings (SSSR count). The van der Waals surface area contributed by atoms with Crippen molar-refractivity contribution in [2.24, 2.45) is 0 Å². The number of carbonyl (C=O) groups excluding carboxylic acids is 1. The van der Waals surface area contributed by atoms with Crippen LogP contribution in [-0.2, 0) is 11.3 Å². The van der Waals surface area contributed by atoms with E-state index in [1.54, 1.807) is 6.20 Å². The molecular weight excluding hydrogens is 216 g/mol. The van der Waals surface area contributed by atoms with Crippen LogP contribution in [0.5, 0.6) is 0 Å². The fourth-order valence-electron chi connectivity index (χ4n) is 0.951. The summed E-state index contributed by atoms with van der Waals surface area (Å²) in [5.41, 5.74) is 0.756. The SMILES string of the molecule is O=C(NCc1cn[nH]c1)NC(CO)C(=O)O.